The number of rotatable bonds is 3. The van der Waals surface area contributed by atoms with Crippen LogP contribution in [-0.4, -0.2) is 7.05 Å². The lowest BCUT2D eigenvalue weighted by Crippen LogP contribution is -2.16. The molecule has 0 heterocycles. The Labute approximate surface area is 100 Å². The third kappa shape index (κ3) is 2.97. The predicted molar refractivity (Wildman–Crippen MR) is 69.4 cm³/mol. The summed E-state index contributed by atoms with van der Waals surface area (Å²) in [4.78, 5) is 2.07. The number of halogens is 1. The fourth-order valence-electron chi connectivity index (χ4n) is 1.72. The second-order valence-electron chi connectivity index (χ2n) is 4.08. The van der Waals surface area contributed by atoms with Gasteiger partial charge in [0.15, 0.2) is 0 Å². The summed E-state index contributed by atoms with van der Waals surface area (Å²) in [6, 6.07) is 14.2. The van der Waals surface area contributed by atoms with Gasteiger partial charge in [0.05, 0.1) is 0 Å². The summed E-state index contributed by atoms with van der Waals surface area (Å²) in [5, 5.41) is 0. The smallest absolute Gasteiger partial charge is 0.123 e. The molecule has 2 nitrogen and oxygen atoms in total. The van der Waals surface area contributed by atoms with Crippen LogP contribution in [-0.2, 0) is 6.54 Å². The van der Waals surface area contributed by atoms with Crippen molar-refractivity contribution in [3.63, 3.8) is 0 Å². The van der Waals surface area contributed by atoms with Crippen molar-refractivity contribution in [1.82, 2.24) is 0 Å². The molecule has 0 aliphatic rings. The maximum Gasteiger partial charge on any atom is 0.123 e. The minimum absolute atomic E-state index is 0.208. The number of hydrogen-bond acceptors (Lipinski definition) is 2. The van der Waals surface area contributed by atoms with Crippen molar-refractivity contribution in [2.75, 3.05) is 17.7 Å². The Morgan fingerprint density at radius 3 is 2.47 bits per heavy atom. The monoisotopic (exact) mass is 230 g/mol. The van der Waals surface area contributed by atoms with Crippen LogP contribution in [0.4, 0.5) is 15.8 Å². The highest BCUT2D eigenvalue weighted by Gasteiger charge is 2.02. The highest BCUT2D eigenvalue weighted by atomic mass is 19.1. The van der Waals surface area contributed by atoms with E-state index < -0.39 is 0 Å². The molecule has 0 saturated carbocycles. The standard InChI is InChI=1S/C14H15FN2/c1-17(14-4-2-3-13(16)9-14)10-11-5-7-12(15)8-6-11/h2-9H,10,16H2,1H3. The van der Waals surface area contributed by atoms with Gasteiger partial charge in [0, 0.05) is 25.0 Å². The second-order valence-corrected chi connectivity index (χ2v) is 4.08. The molecule has 0 aliphatic carbocycles. The van der Waals surface area contributed by atoms with Crippen LogP contribution < -0.4 is 10.6 Å². The summed E-state index contributed by atoms with van der Waals surface area (Å²) < 4.78 is 12.8. The van der Waals surface area contributed by atoms with Crippen LogP contribution in [0.2, 0.25) is 0 Å². The van der Waals surface area contributed by atoms with Crippen molar-refractivity contribution in [3.8, 4) is 0 Å². The Bertz CT molecular complexity index is 494. The maximum absolute atomic E-state index is 12.8. The highest BCUT2D eigenvalue weighted by molar-refractivity contribution is 5.55. The third-order valence-corrected chi connectivity index (χ3v) is 2.64. The van der Waals surface area contributed by atoms with E-state index in [2.05, 4.69) is 4.90 Å². The molecule has 0 bridgehead atoms. The fraction of sp³-hybridized carbons (Fsp3) is 0.143. The van der Waals surface area contributed by atoms with E-state index in [-0.39, 0.29) is 5.82 Å². The van der Waals surface area contributed by atoms with Crippen molar-refractivity contribution in [3.05, 3.63) is 59.9 Å². The summed E-state index contributed by atoms with van der Waals surface area (Å²) in [5.74, 6) is -0.208. The lowest BCUT2D eigenvalue weighted by atomic mass is 10.2. The van der Waals surface area contributed by atoms with Crippen LogP contribution in [0.5, 0.6) is 0 Å². The summed E-state index contributed by atoms with van der Waals surface area (Å²) in [5.41, 5.74) is 8.59. The Morgan fingerprint density at radius 2 is 1.82 bits per heavy atom. The molecule has 0 spiro atoms. The molecule has 17 heavy (non-hydrogen) atoms. The first-order valence-corrected chi connectivity index (χ1v) is 5.46. The van der Waals surface area contributed by atoms with Crippen molar-refractivity contribution in [2.24, 2.45) is 0 Å². The average Bonchev–Trinajstić information content (AvgIpc) is 2.32. The molecule has 88 valence electrons. The van der Waals surface area contributed by atoms with E-state index >= 15 is 0 Å². The molecule has 2 rings (SSSR count). The molecule has 0 aromatic heterocycles. The zero-order valence-corrected chi connectivity index (χ0v) is 9.73. The first kappa shape index (κ1) is 11.5. The van der Waals surface area contributed by atoms with Gasteiger partial charge in [0.2, 0.25) is 0 Å². The zero-order chi connectivity index (χ0) is 12.3. The number of nitrogens with two attached hydrogens (primary N) is 1. The largest absolute Gasteiger partial charge is 0.399 e. The van der Waals surface area contributed by atoms with E-state index in [4.69, 9.17) is 5.73 Å². The van der Waals surface area contributed by atoms with Crippen molar-refractivity contribution < 1.29 is 4.39 Å². The second kappa shape index (κ2) is 4.87. The molecular formula is C14H15FN2. The van der Waals surface area contributed by atoms with Gasteiger partial charge in [-0.3, -0.25) is 0 Å². The predicted octanol–water partition coefficient (Wildman–Crippen LogP) is 3.04. The average molecular weight is 230 g/mol. The van der Waals surface area contributed by atoms with Gasteiger partial charge in [-0.2, -0.15) is 0 Å². The summed E-state index contributed by atoms with van der Waals surface area (Å²) in [6.07, 6.45) is 0. The zero-order valence-electron chi connectivity index (χ0n) is 9.73. The van der Waals surface area contributed by atoms with Crippen LogP contribution in [0.3, 0.4) is 0 Å². The van der Waals surface area contributed by atoms with E-state index in [1.54, 1.807) is 12.1 Å². The van der Waals surface area contributed by atoms with Gasteiger partial charge in [-0.05, 0) is 35.9 Å². The van der Waals surface area contributed by atoms with Crippen molar-refractivity contribution >= 4 is 11.4 Å². The van der Waals surface area contributed by atoms with Gasteiger partial charge >= 0.3 is 0 Å². The summed E-state index contributed by atoms with van der Waals surface area (Å²) >= 11 is 0. The lowest BCUT2D eigenvalue weighted by Gasteiger charge is -2.19. The molecule has 3 heteroatoms. The third-order valence-electron chi connectivity index (χ3n) is 2.64. The topological polar surface area (TPSA) is 29.3 Å². The molecule has 0 aliphatic heterocycles. The Hall–Kier alpha value is -2.03. The molecule has 0 fully saturated rings. The minimum Gasteiger partial charge on any atom is -0.399 e. The van der Waals surface area contributed by atoms with E-state index in [1.165, 1.54) is 12.1 Å². The molecular weight excluding hydrogens is 215 g/mol. The van der Waals surface area contributed by atoms with Gasteiger partial charge in [-0.15, -0.1) is 0 Å². The van der Waals surface area contributed by atoms with Crippen LogP contribution in [0, 0.1) is 5.82 Å². The molecule has 0 radical (unpaired) electrons. The Balaban J connectivity index is 2.11. The fourth-order valence-corrected chi connectivity index (χ4v) is 1.72. The van der Waals surface area contributed by atoms with E-state index in [0.29, 0.717) is 0 Å². The Morgan fingerprint density at radius 1 is 1.12 bits per heavy atom. The lowest BCUT2D eigenvalue weighted by molar-refractivity contribution is 0.627. The highest BCUT2D eigenvalue weighted by Crippen LogP contribution is 2.18. The van der Waals surface area contributed by atoms with E-state index in [9.17, 15) is 4.39 Å². The normalized spacial score (nSPS) is 10.2. The van der Waals surface area contributed by atoms with Gasteiger partial charge in [0.1, 0.15) is 5.82 Å². The molecule has 2 aromatic carbocycles. The quantitative estimate of drug-likeness (QED) is 0.821. The molecule has 0 amide bonds. The molecule has 0 unspecified atom stereocenters. The van der Waals surface area contributed by atoms with Gasteiger partial charge in [-0.1, -0.05) is 18.2 Å². The molecule has 2 aromatic rings. The van der Waals surface area contributed by atoms with Gasteiger partial charge < -0.3 is 10.6 Å². The summed E-state index contributed by atoms with van der Waals surface area (Å²) in [7, 11) is 1.98. The van der Waals surface area contributed by atoms with E-state index in [1.807, 2.05) is 31.3 Å². The molecule has 0 atom stereocenters. The van der Waals surface area contributed by atoms with Crippen LogP contribution in [0.15, 0.2) is 48.5 Å². The van der Waals surface area contributed by atoms with Gasteiger partial charge in [0.25, 0.3) is 0 Å². The number of nitrogens with zero attached hydrogens (tertiary/aromatic N) is 1. The SMILES string of the molecule is CN(Cc1ccc(F)cc1)c1cccc(N)c1. The summed E-state index contributed by atoms with van der Waals surface area (Å²) in [6.45, 7) is 0.726. The van der Waals surface area contributed by atoms with Crippen molar-refractivity contribution in [1.29, 1.82) is 0 Å². The number of hydrogen-bond donors (Lipinski definition) is 1. The van der Waals surface area contributed by atoms with Crippen LogP contribution in [0.25, 0.3) is 0 Å². The van der Waals surface area contributed by atoms with Crippen LogP contribution >= 0.6 is 0 Å². The Kier molecular flexibility index (Phi) is 3.28. The molecule has 0 saturated heterocycles. The van der Waals surface area contributed by atoms with Crippen LogP contribution in [0.1, 0.15) is 5.56 Å². The van der Waals surface area contributed by atoms with Crippen molar-refractivity contribution in [2.45, 2.75) is 6.54 Å². The number of nitrogen functional groups attached to an aromatic ring is 1. The minimum atomic E-state index is -0.208. The molecule has 2 N–H and O–H groups in total. The maximum atomic E-state index is 12.8. The van der Waals surface area contributed by atoms with E-state index in [0.717, 1.165) is 23.5 Å². The first-order chi connectivity index (χ1) is 8.15. The number of anilines is 2. The van der Waals surface area contributed by atoms with Gasteiger partial charge in [-0.25, -0.2) is 4.39 Å². The number of benzene rings is 2. The first-order valence-electron chi connectivity index (χ1n) is 5.46.